The number of nitrogens with one attached hydrogen (secondary N) is 2. The predicted octanol–water partition coefficient (Wildman–Crippen LogP) is 2.93. The Labute approximate surface area is 103 Å². The highest BCUT2D eigenvalue weighted by Crippen LogP contribution is 2.18. The topological polar surface area (TPSA) is 40.7 Å². The van der Waals surface area contributed by atoms with Gasteiger partial charge in [0.1, 0.15) is 5.82 Å². The number of nitrogens with zero attached hydrogens (tertiary/aromatic N) is 1. The Kier molecular flexibility index (Phi) is 3.48. The van der Waals surface area contributed by atoms with Crippen molar-refractivity contribution in [3.63, 3.8) is 0 Å². The highest BCUT2D eigenvalue weighted by molar-refractivity contribution is 5.79. The number of H-pyrrole nitrogens is 1. The Hall–Kier alpha value is -1.35. The van der Waals surface area contributed by atoms with Crippen LogP contribution in [0.1, 0.15) is 30.8 Å². The number of benzene rings is 1. The normalized spacial score (nSPS) is 11.6. The van der Waals surface area contributed by atoms with Gasteiger partial charge in [0.2, 0.25) is 0 Å². The average molecular weight is 231 g/mol. The van der Waals surface area contributed by atoms with Gasteiger partial charge in [-0.3, -0.25) is 0 Å². The number of fused-ring (bicyclic) bond motifs is 1. The van der Waals surface area contributed by atoms with Crippen molar-refractivity contribution in [1.82, 2.24) is 15.3 Å². The Morgan fingerprint density at radius 3 is 2.76 bits per heavy atom. The van der Waals surface area contributed by atoms with Crippen LogP contribution in [0.15, 0.2) is 12.1 Å². The molecule has 17 heavy (non-hydrogen) atoms. The van der Waals surface area contributed by atoms with Crippen molar-refractivity contribution in [3.05, 3.63) is 29.1 Å². The summed E-state index contributed by atoms with van der Waals surface area (Å²) in [6.45, 7) is 10.5. The van der Waals surface area contributed by atoms with Gasteiger partial charge in [0, 0.05) is 0 Å². The zero-order valence-corrected chi connectivity index (χ0v) is 11.1. The van der Waals surface area contributed by atoms with Crippen LogP contribution >= 0.6 is 0 Å². The Bertz CT molecular complexity index is 511. The molecule has 3 heteroatoms. The minimum Gasteiger partial charge on any atom is -0.341 e. The number of hydrogen-bond acceptors (Lipinski definition) is 2. The summed E-state index contributed by atoms with van der Waals surface area (Å²) in [7, 11) is 0. The van der Waals surface area contributed by atoms with E-state index in [2.05, 4.69) is 55.1 Å². The maximum Gasteiger partial charge on any atom is 0.121 e. The van der Waals surface area contributed by atoms with Crippen molar-refractivity contribution in [2.45, 2.75) is 34.2 Å². The molecule has 1 heterocycles. The number of imidazole rings is 1. The quantitative estimate of drug-likeness (QED) is 0.849. The van der Waals surface area contributed by atoms with Crippen LogP contribution in [-0.4, -0.2) is 16.5 Å². The van der Waals surface area contributed by atoms with Crippen LogP contribution in [0.4, 0.5) is 0 Å². The van der Waals surface area contributed by atoms with Crippen molar-refractivity contribution in [2.24, 2.45) is 5.92 Å². The molecule has 0 saturated heterocycles. The van der Waals surface area contributed by atoms with Crippen LogP contribution < -0.4 is 5.32 Å². The van der Waals surface area contributed by atoms with E-state index in [-0.39, 0.29) is 0 Å². The van der Waals surface area contributed by atoms with Crippen LogP contribution in [0.2, 0.25) is 0 Å². The second-order valence-electron chi connectivity index (χ2n) is 5.19. The van der Waals surface area contributed by atoms with E-state index in [1.807, 2.05) is 0 Å². The van der Waals surface area contributed by atoms with Gasteiger partial charge in [-0.1, -0.05) is 19.9 Å². The molecule has 0 amide bonds. The molecule has 0 radical (unpaired) electrons. The number of aryl methyl sites for hydroxylation is 2. The summed E-state index contributed by atoms with van der Waals surface area (Å²) in [5, 5.41) is 3.40. The molecule has 0 fully saturated rings. The van der Waals surface area contributed by atoms with Gasteiger partial charge in [-0.05, 0) is 43.5 Å². The molecule has 0 aliphatic carbocycles. The molecular weight excluding hydrogens is 210 g/mol. The molecule has 0 bridgehead atoms. The molecule has 3 nitrogen and oxygen atoms in total. The third-order valence-corrected chi connectivity index (χ3v) is 2.82. The summed E-state index contributed by atoms with van der Waals surface area (Å²) >= 11 is 0. The van der Waals surface area contributed by atoms with Gasteiger partial charge < -0.3 is 10.3 Å². The van der Waals surface area contributed by atoms with Gasteiger partial charge in [-0.2, -0.15) is 0 Å². The number of rotatable bonds is 4. The molecule has 1 aromatic heterocycles. The molecule has 0 spiro atoms. The standard InChI is InChI=1S/C14H21N3/c1-9(2)7-15-8-13-16-12-6-10(3)5-11(4)14(12)17-13/h5-6,9,15H,7-8H2,1-4H3,(H,16,17). The van der Waals surface area contributed by atoms with E-state index in [1.165, 1.54) is 11.1 Å². The molecule has 0 atom stereocenters. The lowest BCUT2D eigenvalue weighted by Crippen LogP contribution is -2.19. The lowest BCUT2D eigenvalue weighted by molar-refractivity contribution is 0.545. The Morgan fingerprint density at radius 2 is 2.06 bits per heavy atom. The molecule has 2 aromatic rings. The second kappa shape index (κ2) is 4.88. The number of hydrogen-bond donors (Lipinski definition) is 2. The summed E-state index contributed by atoms with van der Waals surface area (Å²) in [4.78, 5) is 8.01. The van der Waals surface area contributed by atoms with Crippen molar-refractivity contribution in [1.29, 1.82) is 0 Å². The highest BCUT2D eigenvalue weighted by Gasteiger charge is 2.05. The minimum atomic E-state index is 0.670. The zero-order chi connectivity index (χ0) is 12.4. The maximum atomic E-state index is 4.63. The van der Waals surface area contributed by atoms with Gasteiger partial charge in [0.25, 0.3) is 0 Å². The van der Waals surface area contributed by atoms with Crippen LogP contribution in [0.5, 0.6) is 0 Å². The summed E-state index contributed by atoms with van der Waals surface area (Å²) in [6, 6.07) is 4.33. The minimum absolute atomic E-state index is 0.670. The Morgan fingerprint density at radius 1 is 1.29 bits per heavy atom. The molecule has 0 aliphatic rings. The van der Waals surface area contributed by atoms with Crippen LogP contribution in [-0.2, 0) is 6.54 Å². The number of aromatic nitrogens is 2. The van der Waals surface area contributed by atoms with E-state index >= 15 is 0 Å². The van der Waals surface area contributed by atoms with E-state index in [0.29, 0.717) is 5.92 Å². The van der Waals surface area contributed by atoms with E-state index in [0.717, 1.165) is 29.9 Å². The van der Waals surface area contributed by atoms with Crippen LogP contribution in [0, 0.1) is 19.8 Å². The molecule has 2 rings (SSSR count). The third kappa shape index (κ3) is 2.86. The first-order valence-corrected chi connectivity index (χ1v) is 6.23. The molecule has 92 valence electrons. The molecular formula is C14H21N3. The van der Waals surface area contributed by atoms with Gasteiger partial charge in [-0.15, -0.1) is 0 Å². The van der Waals surface area contributed by atoms with Crippen molar-refractivity contribution in [2.75, 3.05) is 6.54 Å². The predicted molar refractivity (Wildman–Crippen MR) is 72.1 cm³/mol. The van der Waals surface area contributed by atoms with Crippen LogP contribution in [0.25, 0.3) is 11.0 Å². The van der Waals surface area contributed by atoms with E-state index in [9.17, 15) is 0 Å². The molecule has 0 aliphatic heterocycles. The van der Waals surface area contributed by atoms with Crippen LogP contribution in [0.3, 0.4) is 0 Å². The Balaban J connectivity index is 2.17. The molecule has 0 saturated carbocycles. The summed E-state index contributed by atoms with van der Waals surface area (Å²) in [5.41, 5.74) is 4.76. The first-order valence-electron chi connectivity index (χ1n) is 6.23. The van der Waals surface area contributed by atoms with E-state index in [4.69, 9.17) is 0 Å². The maximum absolute atomic E-state index is 4.63. The van der Waals surface area contributed by atoms with Gasteiger partial charge in [0.15, 0.2) is 0 Å². The van der Waals surface area contributed by atoms with E-state index in [1.54, 1.807) is 0 Å². The van der Waals surface area contributed by atoms with Gasteiger partial charge in [-0.25, -0.2) is 4.98 Å². The zero-order valence-electron chi connectivity index (χ0n) is 11.1. The van der Waals surface area contributed by atoms with Crippen molar-refractivity contribution >= 4 is 11.0 Å². The van der Waals surface area contributed by atoms with Crippen molar-refractivity contribution in [3.8, 4) is 0 Å². The smallest absolute Gasteiger partial charge is 0.121 e. The summed E-state index contributed by atoms with van der Waals surface area (Å²) < 4.78 is 0. The molecule has 1 aromatic carbocycles. The fourth-order valence-electron chi connectivity index (χ4n) is 2.08. The lowest BCUT2D eigenvalue weighted by atomic mass is 10.1. The van der Waals surface area contributed by atoms with E-state index < -0.39 is 0 Å². The summed E-state index contributed by atoms with van der Waals surface area (Å²) in [5.74, 6) is 1.69. The third-order valence-electron chi connectivity index (χ3n) is 2.82. The number of aromatic amines is 1. The largest absolute Gasteiger partial charge is 0.341 e. The summed E-state index contributed by atoms with van der Waals surface area (Å²) in [6.07, 6.45) is 0. The van der Waals surface area contributed by atoms with Crippen molar-refractivity contribution < 1.29 is 0 Å². The first-order chi connectivity index (χ1) is 8.06. The van der Waals surface area contributed by atoms with Gasteiger partial charge in [0.05, 0.1) is 17.6 Å². The lowest BCUT2D eigenvalue weighted by Gasteiger charge is -2.04. The fourth-order valence-corrected chi connectivity index (χ4v) is 2.08. The highest BCUT2D eigenvalue weighted by atomic mass is 15.0. The van der Waals surface area contributed by atoms with Gasteiger partial charge >= 0.3 is 0 Å². The second-order valence-corrected chi connectivity index (χ2v) is 5.19. The molecule has 0 unspecified atom stereocenters. The fraction of sp³-hybridized carbons (Fsp3) is 0.500. The molecule has 2 N–H and O–H groups in total. The monoisotopic (exact) mass is 231 g/mol. The first kappa shape index (κ1) is 12.1. The average Bonchev–Trinajstić information content (AvgIpc) is 2.60. The SMILES string of the molecule is Cc1cc(C)c2nc(CNCC(C)C)[nH]c2c1.